The molecule has 20 heavy (non-hydrogen) atoms. The molecule has 0 aliphatic carbocycles. The maximum atomic E-state index is 12.2. The van der Waals surface area contributed by atoms with Crippen LogP contribution in [0, 0.1) is 11.3 Å². The van der Waals surface area contributed by atoms with Gasteiger partial charge in [0, 0.05) is 25.9 Å². The van der Waals surface area contributed by atoms with Gasteiger partial charge in [-0.1, -0.05) is 20.8 Å². The van der Waals surface area contributed by atoms with Gasteiger partial charge >= 0.3 is 0 Å². The van der Waals surface area contributed by atoms with Crippen LogP contribution in [0.15, 0.2) is 12.4 Å². The highest BCUT2D eigenvalue weighted by Crippen LogP contribution is 2.32. The van der Waals surface area contributed by atoms with Crippen LogP contribution in [0.3, 0.4) is 0 Å². The van der Waals surface area contributed by atoms with Crippen LogP contribution >= 0.6 is 0 Å². The number of rotatable bonds is 7. The summed E-state index contributed by atoms with van der Waals surface area (Å²) in [4.78, 5) is 21.0. The van der Waals surface area contributed by atoms with E-state index in [2.05, 4.69) is 30.7 Å². The normalized spacial score (nSPS) is 13.2. The summed E-state index contributed by atoms with van der Waals surface area (Å²) in [5, 5.41) is 0. The first kappa shape index (κ1) is 16.7. The number of amides is 1. The molecule has 1 rings (SSSR count). The van der Waals surface area contributed by atoms with E-state index in [4.69, 9.17) is 5.73 Å². The van der Waals surface area contributed by atoms with Gasteiger partial charge in [-0.15, -0.1) is 0 Å². The van der Waals surface area contributed by atoms with Crippen molar-refractivity contribution < 1.29 is 4.79 Å². The number of aromatic amines is 1. The smallest absolute Gasteiger partial charge is 0.222 e. The fourth-order valence-corrected chi connectivity index (χ4v) is 2.40. The highest BCUT2D eigenvalue weighted by atomic mass is 16.2. The standard InChI is InChI=1S/C15H28N4O/c1-15(2,3)12(7-8-16)5-6-14(20)19(4)11-13-17-9-10-18-13/h9-10,12H,5-8,11,16H2,1-4H3,(H,17,18). The minimum Gasteiger partial charge on any atom is -0.347 e. The van der Waals surface area contributed by atoms with Gasteiger partial charge in [-0.25, -0.2) is 4.98 Å². The Balaban J connectivity index is 2.44. The Morgan fingerprint density at radius 1 is 1.45 bits per heavy atom. The Morgan fingerprint density at radius 3 is 2.65 bits per heavy atom. The summed E-state index contributed by atoms with van der Waals surface area (Å²) in [5.74, 6) is 1.45. The van der Waals surface area contributed by atoms with E-state index >= 15 is 0 Å². The number of hydrogen-bond donors (Lipinski definition) is 2. The van der Waals surface area contributed by atoms with E-state index in [0.29, 0.717) is 25.4 Å². The lowest BCUT2D eigenvalue weighted by atomic mass is 9.76. The molecular weight excluding hydrogens is 252 g/mol. The zero-order valence-electron chi connectivity index (χ0n) is 13.1. The fraction of sp³-hybridized carbons (Fsp3) is 0.733. The predicted molar refractivity (Wildman–Crippen MR) is 80.9 cm³/mol. The molecule has 1 heterocycles. The first-order valence-corrected chi connectivity index (χ1v) is 7.27. The van der Waals surface area contributed by atoms with Crippen molar-refractivity contribution in [2.75, 3.05) is 13.6 Å². The van der Waals surface area contributed by atoms with Crippen LogP contribution in [0.1, 0.15) is 45.9 Å². The minimum atomic E-state index is 0.160. The lowest BCUT2D eigenvalue weighted by Crippen LogP contribution is -2.29. The number of nitrogens with one attached hydrogen (secondary N) is 1. The quantitative estimate of drug-likeness (QED) is 0.803. The van der Waals surface area contributed by atoms with Gasteiger partial charge < -0.3 is 15.6 Å². The molecule has 0 saturated carbocycles. The van der Waals surface area contributed by atoms with E-state index < -0.39 is 0 Å². The van der Waals surface area contributed by atoms with Crippen LogP contribution in [0.2, 0.25) is 0 Å². The van der Waals surface area contributed by atoms with Crippen LogP contribution in [0.4, 0.5) is 0 Å². The zero-order chi connectivity index (χ0) is 15.2. The number of carbonyl (C=O) groups is 1. The molecule has 1 amide bonds. The Hall–Kier alpha value is -1.36. The SMILES string of the molecule is CN(Cc1ncc[nH]1)C(=O)CCC(CCN)C(C)(C)C. The third-order valence-corrected chi connectivity index (χ3v) is 3.81. The van der Waals surface area contributed by atoms with E-state index in [9.17, 15) is 4.79 Å². The molecule has 1 aromatic rings. The molecule has 1 aromatic heterocycles. The third kappa shape index (κ3) is 5.33. The van der Waals surface area contributed by atoms with Gasteiger partial charge in [0.15, 0.2) is 0 Å². The summed E-state index contributed by atoms with van der Waals surface area (Å²) in [6.07, 6.45) is 5.90. The van der Waals surface area contributed by atoms with E-state index in [-0.39, 0.29) is 11.3 Å². The summed E-state index contributed by atoms with van der Waals surface area (Å²) in [7, 11) is 1.82. The average molecular weight is 280 g/mol. The van der Waals surface area contributed by atoms with Gasteiger partial charge in [-0.05, 0) is 30.7 Å². The van der Waals surface area contributed by atoms with Crippen molar-refractivity contribution in [1.82, 2.24) is 14.9 Å². The first-order chi connectivity index (χ1) is 9.34. The molecule has 3 N–H and O–H groups in total. The summed E-state index contributed by atoms with van der Waals surface area (Å²) in [6.45, 7) is 7.85. The molecule has 0 radical (unpaired) electrons. The highest BCUT2D eigenvalue weighted by Gasteiger charge is 2.25. The fourth-order valence-electron chi connectivity index (χ4n) is 2.40. The Morgan fingerprint density at radius 2 is 2.15 bits per heavy atom. The largest absolute Gasteiger partial charge is 0.347 e. The molecule has 0 spiro atoms. The van der Waals surface area contributed by atoms with Crippen molar-refractivity contribution >= 4 is 5.91 Å². The van der Waals surface area contributed by atoms with Crippen molar-refractivity contribution in [2.45, 2.75) is 46.6 Å². The maximum Gasteiger partial charge on any atom is 0.222 e. The second kappa shape index (κ2) is 7.43. The molecule has 1 unspecified atom stereocenters. The summed E-state index contributed by atoms with van der Waals surface area (Å²) >= 11 is 0. The number of nitrogens with two attached hydrogens (primary N) is 1. The van der Waals surface area contributed by atoms with Crippen LogP contribution < -0.4 is 5.73 Å². The number of hydrogen-bond acceptors (Lipinski definition) is 3. The van der Waals surface area contributed by atoms with Crippen molar-refractivity contribution in [2.24, 2.45) is 17.1 Å². The Labute approximate surface area is 122 Å². The Kier molecular flexibility index (Phi) is 6.20. The molecule has 0 bridgehead atoms. The van der Waals surface area contributed by atoms with Gasteiger partial charge in [0.2, 0.25) is 5.91 Å². The molecule has 0 fully saturated rings. The van der Waals surface area contributed by atoms with Gasteiger partial charge in [0.1, 0.15) is 5.82 Å². The topological polar surface area (TPSA) is 75.0 Å². The van der Waals surface area contributed by atoms with Crippen molar-refractivity contribution in [1.29, 1.82) is 0 Å². The third-order valence-electron chi connectivity index (χ3n) is 3.81. The molecular formula is C15H28N4O. The van der Waals surface area contributed by atoms with Gasteiger partial charge in [0.05, 0.1) is 6.54 Å². The van der Waals surface area contributed by atoms with Gasteiger partial charge in [0.25, 0.3) is 0 Å². The molecule has 5 heteroatoms. The van der Waals surface area contributed by atoms with Crippen LogP contribution in [0.5, 0.6) is 0 Å². The lowest BCUT2D eigenvalue weighted by Gasteiger charge is -2.31. The van der Waals surface area contributed by atoms with Crippen molar-refractivity contribution in [3.63, 3.8) is 0 Å². The lowest BCUT2D eigenvalue weighted by molar-refractivity contribution is -0.131. The Bertz CT molecular complexity index is 395. The first-order valence-electron chi connectivity index (χ1n) is 7.27. The van der Waals surface area contributed by atoms with Crippen LogP contribution in [-0.4, -0.2) is 34.4 Å². The van der Waals surface area contributed by atoms with Crippen LogP contribution in [-0.2, 0) is 11.3 Å². The van der Waals surface area contributed by atoms with Crippen LogP contribution in [0.25, 0.3) is 0 Å². The number of imidazole rings is 1. The van der Waals surface area contributed by atoms with E-state index in [1.165, 1.54) is 0 Å². The van der Waals surface area contributed by atoms with Crippen molar-refractivity contribution in [3.05, 3.63) is 18.2 Å². The molecule has 0 aliphatic heterocycles. The molecule has 1 atom stereocenters. The zero-order valence-corrected chi connectivity index (χ0v) is 13.1. The number of nitrogens with zero attached hydrogens (tertiary/aromatic N) is 2. The number of carbonyl (C=O) groups excluding carboxylic acids is 1. The van der Waals surface area contributed by atoms with Crippen molar-refractivity contribution in [3.8, 4) is 0 Å². The second-order valence-corrected chi connectivity index (χ2v) is 6.46. The molecule has 0 saturated heterocycles. The minimum absolute atomic E-state index is 0.160. The molecule has 0 aliphatic rings. The second-order valence-electron chi connectivity index (χ2n) is 6.46. The molecule has 0 aromatic carbocycles. The average Bonchev–Trinajstić information content (AvgIpc) is 2.85. The van der Waals surface area contributed by atoms with E-state index in [1.54, 1.807) is 17.3 Å². The van der Waals surface area contributed by atoms with Gasteiger partial charge in [-0.3, -0.25) is 4.79 Å². The summed E-state index contributed by atoms with van der Waals surface area (Å²) < 4.78 is 0. The summed E-state index contributed by atoms with van der Waals surface area (Å²) in [5.41, 5.74) is 5.87. The highest BCUT2D eigenvalue weighted by molar-refractivity contribution is 5.75. The molecule has 5 nitrogen and oxygen atoms in total. The molecule has 114 valence electrons. The summed E-state index contributed by atoms with van der Waals surface area (Å²) in [6, 6.07) is 0. The monoisotopic (exact) mass is 280 g/mol. The predicted octanol–water partition coefficient (Wildman–Crippen LogP) is 2.16. The van der Waals surface area contributed by atoms with E-state index in [1.807, 2.05) is 7.05 Å². The van der Waals surface area contributed by atoms with E-state index in [0.717, 1.165) is 18.7 Å². The van der Waals surface area contributed by atoms with Gasteiger partial charge in [-0.2, -0.15) is 0 Å². The number of aromatic nitrogens is 2. The maximum absolute atomic E-state index is 12.2. The number of H-pyrrole nitrogens is 1.